The van der Waals surface area contributed by atoms with Gasteiger partial charge in [0.1, 0.15) is 12.6 Å². The number of halogens is 3. The van der Waals surface area contributed by atoms with Crippen LogP contribution in [0.2, 0.25) is 15.1 Å². The summed E-state index contributed by atoms with van der Waals surface area (Å²) in [5, 5.41) is 4.12. The molecule has 0 aliphatic rings. The Kier molecular flexibility index (Phi) is 12.1. The average molecular weight is 701 g/mol. The topological polar surface area (TPSA) is 86.8 Å². The molecule has 4 aromatic carbocycles. The molecule has 4 aromatic rings. The molecular formula is C35H36Cl3N3O4S. The lowest BCUT2D eigenvalue weighted by atomic mass is 10.0. The number of sulfonamides is 1. The molecule has 0 heterocycles. The monoisotopic (exact) mass is 699 g/mol. The van der Waals surface area contributed by atoms with Gasteiger partial charge in [0.05, 0.1) is 10.6 Å². The van der Waals surface area contributed by atoms with Gasteiger partial charge < -0.3 is 10.2 Å². The highest BCUT2D eigenvalue weighted by molar-refractivity contribution is 7.92. The summed E-state index contributed by atoms with van der Waals surface area (Å²) in [6.45, 7) is 5.07. The highest BCUT2D eigenvalue weighted by Crippen LogP contribution is 2.28. The third-order valence-electron chi connectivity index (χ3n) is 7.63. The summed E-state index contributed by atoms with van der Waals surface area (Å²) in [5.41, 5.74) is 2.59. The maximum absolute atomic E-state index is 14.5. The number of aryl methyl sites for hydroxylation is 1. The number of hydrogen-bond acceptors (Lipinski definition) is 4. The molecule has 0 unspecified atom stereocenters. The zero-order valence-corrected chi connectivity index (χ0v) is 28.9. The van der Waals surface area contributed by atoms with Gasteiger partial charge in [0.15, 0.2) is 0 Å². The Balaban J connectivity index is 1.82. The van der Waals surface area contributed by atoms with Gasteiger partial charge in [0.2, 0.25) is 11.8 Å². The molecule has 0 radical (unpaired) electrons. The van der Waals surface area contributed by atoms with Crippen LogP contribution in [0.25, 0.3) is 0 Å². The van der Waals surface area contributed by atoms with E-state index in [0.717, 1.165) is 15.4 Å². The maximum atomic E-state index is 14.5. The van der Waals surface area contributed by atoms with E-state index < -0.39 is 28.5 Å². The first kappa shape index (κ1) is 35.3. The van der Waals surface area contributed by atoms with Crippen LogP contribution in [0, 0.1) is 6.92 Å². The molecule has 7 nitrogen and oxygen atoms in total. The number of rotatable bonds is 13. The van der Waals surface area contributed by atoms with Crippen molar-refractivity contribution in [1.82, 2.24) is 10.2 Å². The summed E-state index contributed by atoms with van der Waals surface area (Å²) in [5.74, 6) is -0.955. The molecule has 0 spiro atoms. The third-order valence-corrected chi connectivity index (χ3v) is 10.3. The van der Waals surface area contributed by atoms with Gasteiger partial charge in [0.25, 0.3) is 10.0 Å². The molecule has 1 N–H and O–H groups in total. The molecule has 0 aliphatic heterocycles. The van der Waals surface area contributed by atoms with E-state index in [-0.39, 0.29) is 29.8 Å². The molecule has 0 saturated heterocycles. The van der Waals surface area contributed by atoms with Crippen LogP contribution in [0.3, 0.4) is 0 Å². The van der Waals surface area contributed by atoms with E-state index in [2.05, 4.69) is 5.32 Å². The summed E-state index contributed by atoms with van der Waals surface area (Å²) >= 11 is 18.8. The van der Waals surface area contributed by atoms with E-state index in [1.807, 2.05) is 51.1 Å². The fourth-order valence-corrected chi connectivity index (χ4v) is 6.81. The van der Waals surface area contributed by atoms with Crippen molar-refractivity contribution < 1.29 is 18.0 Å². The second-order valence-corrected chi connectivity index (χ2v) is 14.2. The van der Waals surface area contributed by atoms with E-state index in [9.17, 15) is 18.0 Å². The minimum atomic E-state index is -4.24. The van der Waals surface area contributed by atoms with E-state index >= 15 is 0 Å². The molecule has 0 fully saturated rings. The van der Waals surface area contributed by atoms with Crippen LogP contribution in [-0.2, 0) is 32.6 Å². The predicted molar refractivity (Wildman–Crippen MR) is 186 cm³/mol. The largest absolute Gasteiger partial charge is 0.352 e. The van der Waals surface area contributed by atoms with Crippen LogP contribution < -0.4 is 9.62 Å². The molecule has 0 aromatic heterocycles. The van der Waals surface area contributed by atoms with Crippen LogP contribution >= 0.6 is 34.8 Å². The van der Waals surface area contributed by atoms with Crippen molar-refractivity contribution in [3.05, 3.63) is 129 Å². The Morgan fingerprint density at radius 2 is 1.48 bits per heavy atom. The van der Waals surface area contributed by atoms with E-state index in [0.29, 0.717) is 32.7 Å². The highest BCUT2D eigenvalue weighted by atomic mass is 35.5. The van der Waals surface area contributed by atoms with Gasteiger partial charge in [-0.3, -0.25) is 13.9 Å². The first-order valence-corrected chi connectivity index (χ1v) is 17.4. The second-order valence-electron chi connectivity index (χ2n) is 11.1. The number of carbonyl (C=O) groups is 2. The number of hydrogen-bond donors (Lipinski definition) is 1. The predicted octanol–water partition coefficient (Wildman–Crippen LogP) is 7.71. The summed E-state index contributed by atoms with van der Waals surface area (Å²) < 4.78 is 29.3. The smallest absolute Gasteiger partial charge is 0.264 e. The number of nitrogens with one attached hydrogen (secondary N) is 1. The number of carbonyl (C=O) groups excluding carboxylic acids is 2. The lowest BCUT2D eigenvalue weighted by Gasteiger charge is -2.34. The third kappa shape index (κ3) is 9.04. The number of anilines is 1. The zero-order valence-electron chi connectivity index (χ0n) is 25.8. The molecule has 4 rings (SSSR count). The molecule has 0 bridgehead atoms. The molecule has 11 heteroatoms. The molecule has 242 valence electrons. The van der Waals surface area contributed by atoms with Crippen molar-refractivity contribution in [2.75, 3.05) is 10.8 Å². The molecule has 0 aliphatic carbocycles. The minimum absolute atomic E-state index is 0.0343. The quantitative estimate of drug-likeness (QED) is 0.155. The van der Waals surface area contributed by atoms with Crippen molar-refractivity contribution in [3.63, 3.8) is 0 Å². The van der Waals surface area contributed by atoms with Gasteiger partial charge in [-0.1, -0.05) is 95.8 Å². The lowest BCUT2D eigenvalue weighted by Crippen LogP contribution is -2.54. The Morgan fingerprint density at radius 3 is 2.09 bits per heavy atom. The van der Waals surface area contributed by atoms with Crippen LogP contribution in [-0.4, -0.2) is 43.8 Å². The molecule has 46 heavy (non-hydrogen) atoms. The number of benzene rings is 4. The van der Waals surface area contributed by atoms with Crippen LogP contribution in [0.4, 0.5) is 5.69 Å². The SMILES string of the molecule is CC[C@H](C)NC(=O)[C@H](Cc1ccccc1)N(Cc1ccc(Cl)cc1Cl)C(=O)CN(c1ccc(C)cc1)S(=O)(=O)c1ccc(Cl)cc1. The zero-order chi connectivity index (χ0) is 33.4. The highest BCUT2D eigenvalue weighted by Gasteiger charge is 2.35. The van der Waals surface area contributed by atoms with Crippen molar-refractivity contribution in [3.8, 4) is 0 Å². The van der Waals surface area contributed by atoms with Crippen LogP contribution in [0.1, 0.15) is 37.0 Å². The van der Waals surface area contributed by atoms with Crippen molar-refractivity contribution in [2.45, 2.75) is 57.1 Å². The Bertz CT molecular complexity index is 1750. The van der Waals surface area contributed by atoms with Crippen LogP contribution in [0.5, 0.6) is 0 Å². The first-order chi connectivity index (χ1) is 21.9. The minimum Gasteiger partial charge on any atom is -0.352 e. The summed E-state index contributed by atoms with van der Waals surface area (Å²) in [6.07, 6.45) is 0.871. The van der Waals surface area contributed by atoms with Crippen LogP contribution in [0.15, 0.2) is 102 Å². The molecule has 2 amide bonds. The van der Waals surface area contributed by atoms with Gasteiger partial charge >= 0.3 is 0 Å². The summed E-state index contributed by atoms with van der Waals surface area (Å²) in [6, 6.07) is 25.7. The van der Waals surface area contributed by atoms with E-state index in [4.69, 9.17) is 34.8 Å². The summed E-state index contributed by atoms with van der Waals surface area (Å²) in [4.78, 5) is 29.8. The molecular weight excluding hydrogens is 665 g/mol. The van der Waals surface area contributed by atoms with Crippen molar-refractivity contribution >= 4 is 62.3 Å². The average Bonchev–Trinajstić information content (AvgIpc) is 3.03. The number of amides is 2. The summed E-state index contributed by atoms with van der Waals surface area (Å²) in [7, 11) is -4.24. The van der Waals surface area contributed by atoms with Gasteiger partial charge in [0, 0.05) is 34.1 Å². The first-order valence-electron chi connectivity index (χ1n) is 14.8. The Morgan fingerprint density at radius 1 is 0.848 bits per heavy atom. The standard InChI is InChI=1S/C35H36Cl3N3O4S/c1-4-25(3)39-35(43)33(20-26-8-6-5-7-9-26)40(22-27-12-13-29(37)21-32(27)38)34(42)23-41(30-16-10-24(2)11-17-30)46(44,45)31-18-14-28(36)15-19-31/h5-19,21,25,33H,4,20,22-23H2,1-3H3,(H,39,43)/t25-,33-/m0/s1. The number of nitrogens with zero attached hydrogens (tertiary/aromatic N) is 2. The van der Waals surface area contributed by atoms with Crippen molar-refractivity contribution in [1.29, 1.82) is 0 Å². The second kappa shape index (κ2) is 15.8. The van der Waals surface area contributed by atoms with Crippen molar-refractivity contribution in [2.24, 2.45) is 0 Å². The van der Waals surface area contributed by atoms with E-state index in [1.54, 1.807) is 42.5 Å². The molecule has 2 atom stereocenters. The normalized spacial score (nSPS) is 12.7. The van der Waals surface area contributed by atoms with Gasteiger partial charge in [-0.05, 0) is 79.9 Å². The fraction of sp³-hybridized carbons (Fsp3) is 0.257. The maximum Gasteiger partial charge on any atom is 0.264 e. The van der Waals surface area contributed by atoms with Gasteiger partial charge in [-0.2, -0.15) is 0 Å². The van der Waals surface area contributed by atoms with E-state index in [1.165, 1.54) is 29.2 Å². The lowest BCUT2D eigenvalue weighted by molar-refractivity contribution is -0.140. The van der Waals surface area contributed by atoms with Gasteiger partial charge in [-0.15, -0.1) is 0 Å². The fourth-order valence-electron chi connectivity index (χ4n) is 4.80. The Labute approximate surface area is 286 Å². The molecule has 0 saturated carbocycles. The Hall–Kier alpha value is -3.56. The van der Waals surface area contributed by atoms with Gasteiger partial charge in [-0.25, -0.2) is 8.42 Å².